The number of carbonyl (C=O) groups is 1. The molecule has 0 aliphatic carbocycles. The van der Waals surface area contributed by atoms with Gasteiger partial charge < -0.3 is 9.52 Å². The van der Waals surface area contributed by atoms with Gasteiger partial charge >= 0.3 is 0 Å². The van der Waals surface area contributed by atoms with Crippen molar-refractivity contribution in [3.8, 4) is 5.75 Å². The van der Waals surface area contributed by atoms with Crippen LogP contribution in [0.1, 0.15) is 67.9 Å². The van der Waals surface area contributed by atoms with Crippen molar-refractivity contribution in [1.82, 2.24) is 0 Å². The highest BCUT2D eigenvalue weighted by atomic mass is 16.3. The highest BCUT2D eigenvalue weighted by Crippen LogP contribution is 2.37. The summed E-state index contributed by atoms with van der Waals surface area (Å²) in [5, 5.41) is 11.3. The summed E-state index contributed by atoms with van der Waals surface area (Å²) in [6.45, 7) is 8.52. The van der Waals surface area contributed by atoms with Gasteiger partial charge in [-0.3, -0.25) is 4.79 Å². The Hall–Kier alpha value is -1.77. The third-order valence-electron chi connectivity index (χ3n) is 3.98. The molecule has 0 radical (unpaired) electrons. The Labute approximate surface area is 126 Å². The van der Waals surface area contributed by atoms with Gasteiger partial charge in [0.05, 0.1) is 11.8 Å². The third kappa shape index (κ3) is 2.97. The van der Waals surface area contributed by atoms with Crippen molar-refractivity contribution >= 4 is 17.3 Å². The van der Waals surface area contributed by atoms with Crippen LogP contribution in [-0.4, -0.2) is 11.4 Å². The largest absolute Gasteiger partial charge is 0.507 e. The SMILES string of the molecule is CCCC(C)c1coc2c(C=O)c(O)c(CC(C)C)cc12. The quantitative estimate of drug-likeness (QED) is 0.756. The number of aldehydes is 1. The molecule has 0 saturated carbocycles. The molecule has 1 atom stereocenters. The first-order valence-corrected chi connectivity index (χ1v) is 7.70. The molecule has 1 unspecified atom stereocenters. The zero-order valence-corrected chi connectivity index (χ0v) is 13.3. The van der Waals surface area contributed by atoms with Gasteiger partial charge in [0.25, 0.3) is 0 Å². The lowest BCUT2D eigenvalue weighted by molar-refractivity contribution is 0.112. The number of hydrogen-bond donors (Lipinski definition) is 1. The second-order valence-electron chi connectivity index (χ2n) is 6.27. The molecular weight excluding hydrogens is 264 g/mol. The van der Waals surface area contributed by atoms with E-state index in [-0.39, 0.29) is 11.3 Å². The summed E-state index contributed by atoms with van der Waals surface area (Å²) in [4.78, 5) is 11.4. The molecule has 0 saturated heterocycles. The summed E-state index contributed by atoms with van der Waals surface area (Å²) >= 11 is 0. The summed E-state index contributed by atoms with van der Waals surface area (Å²) < 4.78 is 5.59. The zero-order valence-electron chi connectivity index (χ0n) is 13.3. The standard InChI is InChI=1S/C18H24O3/c1-5-6-12(4)16-10-21-18-14(16)8-13(7-11(2)3)17(20)15(18)9-19/h8-12,20H,5-7H2,1-4H3. The average Bonchev–Trinajstić information content (AvgIpc) is 2.83. The van der Waals surface area contributed by atoms with E-state index in [1.165, 1.54) is 0 Å². The number of phenolic OH excluding ortho intramolecular Hbond substituents is 1. The molecule has 21 heavy (non-hydrogen) atoms. The van der Waals surface area contributed by atoms with Crippen LogP contribution in [0.4, 0.5) is 0 Å². The zero-order chi connectivity index (χ0) is 15.6. The highest BCUT2D eigenvalue weighted by Gasteiger charge is 2.20. The first-order chi connectivity index (χ1) is 9.99. The second kappa shape index (κ2) is 6.33. The van der Waals surface area contributed by atoms with Gasteiger partial charge in [0.1, 0.15) is 11.3 Å². The van der Waals surface area contributed by atoms with Gasteiger partial charge in [-0.25, -0.2) is 0 Å². The van der Waals surface area contributed by atoms with Gasteiger partial charge in [-0.15, -0.1) is 0 Å². The van der Waals surface area contributed by atoms with Crippen LogP contribution in [0.15, 0.2) is 16.7 Å². The molecule has 0 spiro atoms. The van der Waals surface area contributed by atoms with E-state index >= 15 is 0 Å². The highest BCUT2D eigenvalue weighted by molar-refractivity contribution is 5.99. The van der Waals surface area contributed by atoms with E-state index in [4.69, 9.17) is 4.42 Å². The normalized spacial score (nSPS) is 13.0. The van der Waals surface area contributed by atoms with E-state index in [1.807, 2.05) is 6.07 Å². The van der Waals surface area contributed by atoms with E-state index < -0.39 is 0 Å². The first kappa shape index (κ1) is 15.6. The number of furan rings is 1. The van der Waals surface area contributed by atoms with Crippen molar-refractivity contribution in [3.05, 3.63) is 29.0 Å². The summed E-state index contributed by atoms with van der Waals surface area (Å²) in [6, 6.07) is 1.99. The van der Waals surface area contributed by atoms with Crippen LogP contribution in [-0.2, 0) is 6.42 Å². The molecule has 0 amide bonds. The monoisotopic (exact) mass is 288 g/mol. The Morgan fingerprint density at radius 2 is 2.05 bits per heavy atom. The molecule has 2 rings (SSSR count). The fourth-order valence-electron chi connectivity index (χ4n) is 2.94. The first-order valence-electron chi connectivity index (χ1n) is 7.70. The molecule has 2 aromatic rings. The minimum atomic E-state index is 0.0650. The number of hydrogen-bond acceptors (Lipinski definition) is 3. The number of rotatable bonds is 6. The molecule has 1 aromatic heterocycles. The van der Waals surface area contributed by atoms with E-state index in [2.05, 4.69) is 27.7 Å². The summed E-state index contributed by atoms with van der Waals surface area (Å²) in [5.74, 6) is 0.860. The number of phenols is 1. The minimum absolute atomic E-state index is 0.0650. The molecular formula is C18H24O3. The molecule has 114 valence electrons. The lowest BCUT2D eigenvalue weighted by Crippen LogP contribution is -1.98. The maximum atomic E-state index is 11.4. The fraction of sp³-hybridized carbons (Fsp3) is 0.500. The summed E-state index contributed by atoms with van der Waals surface area (Å²) in [5.41, 5.74) is 2.73. The second-order valence-corrected chi connectivity index (χ2v) is 6.27. The molecule has 0 aliphatic heterocycles. The molecule has 1 N–H and O–H groups in total. The van der Waals surface area contributed by atoms with Crippen LogP contribution >= 0.6 is 0 Å². The predicted molar refractivity (Wildman–Crippen MR) is 85.1 cm³/mol. The van der Waals surface area contributed by atoms with Crippen molar-refractivity contribution in [1.29, 1.82) is 0 Å². The molecule has 0 fully saturated rings. The Kier molecular flexibility index (Phi) is 4.71. The predicted octanol–water partition coefficient (Wildman–Crippen LogP) is 5.05. The molecule has 1 aromatic carbocycles. The van der Waals surface area contributed by atoms with Crippen molar-refractivity contribution in [2.75, 3.05) is 0 Å². The van der Waals surface area contributed by atoms with E-state index in [0.29, 0.717) is 23.7 Å². The lowest BCUT2D eigenvalue weighted by atomic mass is 9.92. The number of fused-ring (bicyclic) bond motifs is 1. The Bertz CT molecular complexity index is 637. The van der Waals surface area contributed by atoms with Gasteiger partial charge in [0.2, 0.25) is 0 Å². The summed E-state index contributed by atoms with van der Waals surface area (Å²) in [6.07, 6.45) is 5.35. The molecule has 0 aliphatic rings. The number of benzene rings is 1. The average molecular weight is 288 g/mol. The fourth-order valence-corrected chi connectivity index (χ4v) is 2.94. The van der Waals surface area contributed by atoms with Crippen molar-refractivity contribution < 1.29 is 14.3 Å². The topological polar surface area (TPSA) is 50.4 Å². The number of carbonyl (C=O) groups excluding carboxylic acids is 1. The molecule has 3 nitrogen and oxygen atoms in total. The van der Waals surface area contributed by atoms with Crippen LogP contribution < -0.4 is 0 Å². The van der Waals surface area contributed by atoms with E-state index in [0.717, 1.165) is 35.8 Å². The Morgan fingerprint density at radius 3 is 2.62 bits per heavy atom. The van der Waals surface area contributed by atoms with Crippen LogP contribution in [0.25, 0.3) is 11.0 Å². The van der Waals surface area contributed by atoms with Gasteiger partial charge in [-0.2, -0.15) is 0 Å². The van der Waals surface area contributed by atoms with E-state index in [1.54, 1.807) is 6.26 Å². The van der Waals surface area contributed by atoms with E-state index in [9.17, 15) is 9.90 Å². The molecule has 3 heteroatoms. The van der Waals surface area contributed by atoms with Crippen LogP contribution in [0.2, 0.25) is 0 Å². The maximum Gasteiger partial charge on any atom is 0.157 e. The Morgan fingerprint density at radius 1 is 1.33 bits per heavy atom. The van der Waals surface area contributed by atoms with Crippen LogP contribution in [0.5, 0.6) is 5.75 Å². The van der Waals surface area contributed by atoms with Gasteiger partial charge in [0, 0.05) is 10.9 Å². The smallest absolute Gasteiger partial charge is 0.157 e. The number of aromatic hydroxyl groups is 1. The van der Waals surface area contributed by atoms with Gasteiger partial charge in [-0.05, 0) is 36.3 Å². The Balaban J connectivity index is 2.63. The van der Waals surface area contributed by atoms with Crippen molar-refractivity contribution in [3.63, 3.8) is 0 Å². The van der Waals surface area contributed by atoms with Crippen molar-refractivity contribution in [2.45, 2.75) is 52.9 Å². The lowest BCUT2D eigenvalue weighted by Gasteiger charge is -2.12. The third-order valence-corrected chi connectivity index (χ3v) is 3.98. The molecule has 0 bridgehead atoms. The summed E-state index contributed by atoms with van der Waals surface area (Å²) in [7, 11) is 0. The van der Waals surface area contributed by atoms with Crippen LogP contribution in [0.3, 0.4) is 0 Å². The van der Waals surface area contributed by atoms with Gasteiger partial charge in [0.15, 0.2) is 6.29 Å². The molecule has 1 heterocycles. The van der Waals surface area contributed by atoms with Crippen LogP contribution in [0, 0.1) is 5.92 Å². The minimum Gasteiger partial charge on any atom is -0.507 e. The maximum absolute atomic E-state index is 11.4. The van der Waals surface area contributed by atoms with Gasteiger partial charge in [-0.1, -0.05) is 34.1 Å². The van der Waals surface area contributed by atoms with Crippen molar-refractivity contribution in [2.24, 2.45) is 5.92 Å².